The van der Waals surface area contributed by atoms with E-state index >= 15 is 0 Å². The number of esters is 1. The second kappa shape index (κ2) is 4.60. The van der Waals surface area contributed by atoms with Crippen molar-refractivity contribution < 1.29 is 9.53 Å². The first kappa shape index (κ1) is 13.1. The van der Waals surface area contributed by atoms with Gasteiger partial charge in [0.15, 0.2) is 0 Å². The molecule has 0 unspecified atom stereocenters. The highest BCUT2D eigenvalue weighted by Gasteiger charge is 2.59. The van der Waals surface area contributed by atoms with Crippen molar-refractivity contribution in [2.24, 2.45) is 11.0 Å². The molecule has 0 bridgehead atoms. The zero-order valence-electron chi connectivity index (χ0n) is 11.4. The Balaban J connectivity index is 2.14. The Morgan fingerprint density at radius 3 is 2.81 bits per heavy atom. The summed E-state index contributed by atoms with van der Waals surface area (Å²) in [5.41, 5.74) is 0.282. The number of ether oxygens (including phenoxy) is 1. The van der Waals surface area contributed by atoms with Crippen LogP contribution in [0.15, 0.2) is 29.4 Å². The largest absolute Gasteiger partial charge is 0.469 e. The second-order valence-corrected chi connectivity index (χ2v) is 5.04. The van der Waals surface area contributed by atoms with Gasteiger partial charge in [-0.3, -0.25) is 9.80 Å². The molecule has 1 aromatic carbocycles. The van der Waals surface area contributed by atoms with E-state index in [-0.39, 0.29) is 6.04 Å². The maximum atomic E-state index is 12.0. The van der Waals surface area contributed by atoms with Crippen molar-refractivity contribution in [3.63, 3.8) is 0 Å². The van der Waals surface area contributed by atoms with Crippen LogP contribution < -0.4 is 0 Å². The molecule has 1 saturated heterocycles. The van der Waals surface area contributed by atoms with Gasteiger partial charge in [-0.05, 0) is 17.5 Å². The summed E-state index contributed by atoms with van der Waals surface area (Å²) in [6.45, 7) is 0. The van der Waals surface area contributed by atoms with Gasteiger partial charge < -0.3 is 4.74 Å². The Morgan fingerprint density at radius 2 is 2.14 bits per heavy atom. The number of benzene rings is 1. The maximum Gasteiger partial charge on any atom is 0.313 e. The third kappa shape index (κ3) is 1.63. The maximum absolute atomic E-state index is 12.0. The highest BCUT2D eigenvalue weighted by Crippen LogP contribution is 2.48. The fourth-order valence-electron chi connectivity index (χ4n) is 3.08. The van der Waals surface area contributed by atoms with E-state index in [1.807, 2.05) is 36.4 Å². The van der Waals surface area contributed by atoms with E-state index in [2.05, 4.69) is 5.10 Å². The molecule has 3 rings (SSSR count). The fourth-order valence-corrected chi connectivity index (χ4v) is 3.08. The minimum Gasteiger partial charge on any atom is -0.469 e. The lowest BCUT2D eigenvalue weighted by Crippen LogP contribution is -2.47. The lowest BCUT2D eigenvalue weighted by Gasteiger charge is -2.32. The second-order valence-electron chi connectivity index (χ2n) is 5.04. The van der Waals surface area contributed by atoms with Gasteiger partial charge in [-0.25, -0.2) is 0 Å². The molecule has 0 aliphatic carbocycles. The topological polar surface area (TPSA) is 89.5 Å². The third-order valence-electron chi connectivity index (χ3n) is 4.12. The van der Waals surface area contributed by atoms with Gasteiger partial charge in [0, 0.05) is 0 Å². The van der Waals surface area contributed by atoms with Gasteiger partial charge >= 0.3 is 5.97 Å². The van der Waals surface area contributed by atoms with Crippen LogP contribution in [0.2, 0.25) is 0 Å². The van der Waals surface area contributed by atoms with Crippen LogP contribution in [0, 0.1) is 28.6 Å². The summed E-state index contributed by atoms with van der Waals surface area (Å²) in [6, 6.07) is 11.3. The quantitative estimate of drug-likeness (QED) is 0.724. The Kier molecular flexibility index (Phi) is 2.88. The third-order valence-corrected chi connectivity index (χ3v) is 4.12. The first-order chi connectivity index (χ1) is 10.2. The lowest BCUT2D eigenvalue weighted by atomic mass is 9.87. The van der Waals surface area contributed by atoms with Gasteiger partial charge in [0.25, 0.3) is 0 Å². The fraction of sp³-hybridized carbons (Fsp3) is 0.333. The smallest absolute Gasteiger partial charge is 0.313 e. The molecule has 2 aliphatic heterocycles. The van der Waals surface area contributed by atoms with E-state index in [0.29, 0.717) is 6.42 Å². The predicted octanol–water partition coefficient (Wildman–Crippen LogP) is 1.36. The lowest BCUT2D eigenvalue weighted by molar-refractivity contribution is -0.146. The van der Waals surface area contributed by atoms with Crippen molar-refractivity contribution >= 4 is 12.2 Å². The van der Waals surface area contributed by atoms with Gasteiger partial charge in [0.1, 0.15) is 18.1 Å². The number of methoxy groups -OCH3 is 1. The van der Waals surface area contributed by atoms with Crippen LogP contribution in [-0.2, 0) is 9.53 Å². The summed E-state index contributed by atoms with van der Waals surface area (Å²) in [6.07, 6.45) is 1.96. The molecule has 0 spiro atoms. The van der Waals surface area contributed by atoms with Crippen molar-refractivity contribution in [3.8, 4) is 12.1 Å². The number of hydrazone groups is 1. The monoisotopic (exact) mass is 280 g/mol. The average molecular weight is 280 g/mol. The number of fused-ring (bicyclic) bond motifs is 3. The number of hydrogen-bond acceptors (Lipinski definition) is 6. The number of nitriles is 2. The molecule has 21 heavy (non-hydrogen) atoms. The van der Waals surface area contributed by atoms with E-state index in [1.165, 1.54) is 12.1 Å². The standard InChI is InChI=1S/C15H12N4O2/c1-21-14(20)12-6-13-11-5-3-2-4-10(11)7-18-19(13)15(12,8-16)9-17/h2-5,7,12-13H,6H2,1H3/t12-,13+/m0/s1. The van der Waals surface area contributed by atoms with E-state index in [0.717, 1.165) is 11.1 Å². The molecule has 2 heterocycles. The summed E-state index contributed by atoms with van der Waals surface area (Å²) in [7, 11) is 1.26. The molecule has 2 atom stereocenters. The number of carbonyl (C=O) groups excluding carboxylic acids is 1. The zero-order valence-corrected chi connectivity index (χ0v) is 11.4. The highest BCUT2D eigenvalue weighted by molar-refractivity contribution is 5.84. The molecule has 0 radical (unpaired) electrons. The van der Waals surface area contributed by atoms with Crippen LogP contribution in [-0.4, -0.2) is 29.8 Å². The Labute approximate surface area is 121 Å². The van der Waals surface area contributed by atoms with Crippen LogP contribution in [0.5, 0.6) is 0 Å². The van der Waals surface area contributed by atoms with Gasteiger partial charge in [-0.2, -0.15) is 15.6 Å². The molecular formula is C15H12N4O2. The highest BCUT2D eigenvalue weighted by atomic mass is 16.5. The number of hydrogen-bond donors (Lipinski definition) is 0. The minimum absolute atomic E-state index is 0.269. The Hall–Kier alpha value is -2.86. The molecule has 104 valence electrons. The normalized spacial score (nSPS) is 24.4. The van der Waals surface area contributed by atoms with Crippen LogP contribution in [0.3, 0.4) is 0 Å². The van der Waals surface area contributed by atoms with E-state index in [4.69, 9.17) is 4.74 Å². The molecule has 1 fully saturated rings. The summed E-state index contributed by atoms with van der Waals surface area (Å²) >= 11 is 0. The summed E-state index contributed by atoms with van der Waals surface area (Å²) in [4.78, 5) is 12.0. The zero-order chi connectivity index (χ0) is 15.0. The molecule has 6 heteroatoms. The van der Waals surface area contributed by atoms with Crippen LogP contribution in [0.25, 0.3) is 0 Å². The van der Waals surface area contributed by atoms with Crippen LogP contribution in [0.1, 0.15) is 23.6 Å². The average Bonchev–Trinajstić information content (AvgIpc) is 2.89. The van der Waals surface area contributed by atoms with Crippen LogP contribution in [0.4, 0.5) is 0 Å². The van der Waals surface area contributed by atoms with E-state index in [1.54, 1.807) is 6.21 Å². The molecule has 2 aliphatic rings. The van der Waals surface area contributed by atoms with Gasteiger partial charge in [0.05, 0.1) is 19.4 Å². The van der Waals surface area contributed by atoms with Gasteiger partial charge in [-0.1, -0.05) is 24.3 Å². The number of rotatable bonds is 1. The molecule has 6 nitrogen and oxygen atoms in total. The number of nitrogens with zero attached hydrogens (tertiary/aromatic N) is 4. The van der Waals surface area contributed by atoms with Crippen molar-refractivity contribution in [1.82, 2.24) is 5.01 Å². The first-order valence-electron chi connectivity index (χ1n) is 6.50. The minimum atomic E-state index is -1.62. The van der Waals surface area contributed by atoms with Gasteiger partial charge in [-0.15, -0.1) is 0 Å². The summed E-state index contributed by atoms with van der Waals surface area (Å²) in [5.74, 6) is -1.40. The van der Waals surface area contributed by atoms with Gasteiger partial charge in [0.2, 0.25) is 5.54 Å². The predicted molar refractivity (Wildman–Crippen MR) is 72.7 cm³/mol. The van der Waals surface area contributed by atoms with Crippen molar-refractivity contribution in [1.29, 1.82) is 10.5 Å². The summed E-state index contributed by atoms with van der Waals surface area (Å²) in [5, 5.41) is 24.7. The van der Waals surface area contributed by atoms with E-state index in [9.17, 15) is 15.3 Å². The molecule has 0 amide bonds. The Bertz CT molecular complexity index is 699. The number of carbonyl (C=O) groups is 1. The molecule has 0 saturated carbocycles. The molecule has 1 aromatic rings. The Morgan fingerprint density at radius 1 is 1.43 bits per heavy atom. The molecule has 0 aromatic heterocycles. The first-order valence-corrected chi connectivity index (χ1v) is 6.50. The molecule has 0 N–H and O–H groups in total. The van der Waals surface area contributed by atoms with Crippen molar-refractivity contribution in [2.75, 3.05) is 7.11 Å². The molecular weight excluding hydrogens is 268 g/mol. The summed E-state index contributed by atoms with van der Waals surface area (Å²) < 4.78 is 4.77. The van der Waals surface area contributed by atoms with Crippen molar-refractivity contribution in [3.05, 3.63) is 35.4 Å². The SMILES string of the molecule is COC(=O)[C@@H]1C[C@@H]2c3ccccc3C=NN2C1(C#N)C#N. The van der Waals surface area contributed by atoms with Crippen molar-refractivity contribution in [2.45, 2.75) is 18.0 Å². The van der Waals surface area contributed by atoms with Crippen LogP contribution >= 0.6 is 0 Å². The van der Waals surface area contributed by atoms with E-state index < -0.39 is 17.4 Å².